The number of fused-ring (bicyclic) bond motifs is 1. The lowest BCUT2D eigenvalue weighted by atomic mass is 9.97. The van der Waals surface area contributed by atoms with Crippen molar-refractivity contribution in [3.63, 3.8) is 0 Å². The molecule has 0 spiro atoms. The fraction of sp³-hybridized carbons (Fsp3) is 0.526. The zero-order chi connectivity index (χ0) is 18.0. The first-order valence-corrected chi connectivity index (χ1v) is 8.91. The van der Waals surface area contributed by atoms with Crippen LogP contribution in [0, 0.1) is 0 Å². The van der Waals surface area contributed by atoms with Crippen LogP contribution in [0.4, 0.5) is 4.79 Å². The number of nitrogens with one attached hydrogen (secondary N) is 1. The van der Waals surface area contributed by atoms with E-state index in [9.17, 15) is 4.79 Å². The summed E-state index contributed by atoms with van der Waals surface area (Å²) in [7, 11) is 0. The topological polar surface area (TPSA) is 63.1 Å². The third-order valence-electron chi connectivity index (χ3n) is 4.63. The van der Waals surface area contributed by atoms with E-state index < -0.39 is 0 Å². The monoisotopic (exact) mass is 341 g/mol. The highest BCUT2D eigenvalue weighted by Crippen LogP contribution is 2.21. The van der Waals surface area contributed by atoms with Crippen LogP contribution >= 0.6 is 0 Å². The average Bonchev–Trinajstić information content (AvgIpc) is 3.07. The van der Waals surface area contributed by atoms with Gasteiger partial charge in [0.15, 0.2) is 0 Å². The Kier molecular flexibility index (Phi) is 4.79. The second-order valence-electron chi connectivity index (χ2n) is 7.55. The second-order valence-corrected chi connectivity index (χ2v) is 7.55. The molecule has 1 N–H and O–H groups in total. The van der Waals surface area contributed by atoms with E-state index in [0.717, 1.165) is 25.2 Å². The van der Waals surface area contributed by atoms with Gasteiger partial charge in [-0.05, 0) is 50.3 Å². The Hall–Kier alpha value is -2.37. The first kappa shape index (κ1) is 17.5. The molecule has 0 saturated heterocycles. The Bertz CT molecular complexity index is 759. The van der Waals surface area contributed by atoms with Crippen LogP contribution in [0.5, 0.6) is 0 Å². The molecule has 2 aromatic rings. The molecule has 1 aromatic heterocycles. The minimum absolute atomic E-state index is 0.0475. The lowest BCUT2D eigenvalue weighted by Crippen LogP contribution is -2.43. The van der Waals surface area contributed by atoms with E-state index in [1.54, 1.807) is 0 Å². The van der Waals surface area contributed by atoms with Crippen LogP contribution in [0.15, 0.2) is 24.5 Å². The first-order valence-electron chi connectivity index (χ1n) is 8.91. The Morgan fingerprint density at radius 1 is 1.28 bits per heavy atom. The molecule has 1 aliphatic heterocycles. The molecule has 0 fully saturated rings. The number of amides is 2. The van der Waals surface area contributed by atoms with E-state index in [2.05, 4.69) is 61.3 Å². The molecule has 6 heteroatoms. The molecule has 25 heavy (non-hydrogen) atoms. The Morgan fingerprint density at radius 3 is 2.80 bits per heavy atom. The SMILES string of the molecule is CCc1ccc2c(c1)CCN(C(=O)NCc1ncnn1C(C)(C)C)C2. The molecule has 0 bridgehead atoms. The summed E-state index contributed by atoms with van der Waals surface area (Å²) in [6.45, 7) is 10.2. The van der Waals surface area contributed by atoms with Crippen molar-refractivity contribution in [2.45, 2.75) is 59.2 Å². The van der Waals surface area contributed by atoms with E-state index in [4.69, 9.17) is 0 Å². The van der Waals surface area contributed by atoms with Gasteiger partial charge in [0, 0.05) is 13.1 Å². The van der Waals surface area contributed by atoms with Crippen molar-refractivity contribution in [2.24, 2.45) is 0 Å². The van der Waals surface area contributed by atoms with E-state index in [1.165, 1.54) is 23.0 Å². The van der Waals surface area contributed by atoms with E-state index in [0.29, 0.717) is 13.1 Å². The van der Waals surface area contributed by atoms with Gasteiger partial charge < -0.3 is 10.2 Å². The van der Waals surface area contributed by atoms with Gasteiger partial charge in [-0.1, -0.05) is 25.1 Å². The first-order chi connectivity index (χ1) is 11.9. The van der Waals surface area contributed by atoms with Crippen molar-refractivity contribution >= 4 is 6.03 Å². The number of aromatic nitrogens is 3. The van der Waals surface area contributed by atoms with Gasteiger partial charge in [-0.25, -0.2) is 14.5 Å². The Balaban J connectivity index is 1.62. The summed E-state index contributed by atoms with van der Waals surface area (Å²) in [5.74, 6) is 0.769. The summed E-state index contributed by atoms with van der Waals surface area (Å²) in [6, 6.07) is 6.54. The number of urea groups is 1. The summed E-state index contributed by atoms with van der Waals surface area (Å²) >= 11 is 0. The normalized spacial score (nSPS) is 14.3. The van der Waals surface area contributed by atoms with Crippen molar-refractivity contribution in [1.82, 2.24) is 25.0 Å². The van der Waals surface area contributed by atoms with E-state index in [1.807, 2.05) is 9.58 Å². The molecule has 2 amide bonds. The fourth-order valence-corrected chi connectivity index (χ4v) is 3.21. The van der Waals surface area contributed by atoms with Crippen LogP contribution in [0.25, 0.3) is 0 Å². The number of carbonyl (C=O) groups is 1. The van der Waals surface area contributed by atoms with Gasteiger partial charge in [-0.3, -0.25) is 0 Å². The zero-order valence-electron chi connectivity index (χ0n) is 15.5. The maximum absolute atomic E-state index is 12.5. The van der Waals surface area contributed by atoms with Crippen LogP contribution in [-0.2, 0) is 31.5 Å². The number of hydrogen-bond donors (Lipinski definition) is 1. The average molecular weight is 341 g/mol. The molecule has 134 valence electrons. The van der Waals surface area contributed by atoms with E-state index in [-0.39, 0.29) is 11.6 Å². The summed E-state index contributed by atoms with van der Waals surface area (Å²) in [6.07, 6.45) is 3.50. The summed E-state index contributed by atoms with van der Waals surface area (Å²) < 4.78 is 1.85. The third-order valence-corrected chi connectivity index (χ3v) is 4.63. The maximum atomic E-state index is 12.5. The van der Waals surface area contributed by atoms with Crippen molar-refractivity contribution in [2.75, 3.05) is 6.54 Å². The zero-order valence-corrected chi connectivity index (χ0v) is 15.5. The largest absolute Gasteiger partial charge is 0.331 e. The van der Waals surface area contributed by atoms with Gasteiger partial charge in [0.25, 0.3) is 0 Å². The number of hydrogen-bond acceptors (Lipinski definition) is 3. The molecule has 6 nitrogen and oxygen atoms in total. The van der Waals surface area contributed by atoms with Gasteiger partial charge in [0.1, 0.15) is 12.2 Å². The molecule has 0 atom stereocenters. The molecule has 0 radical (unpaired) electrons. The molecular formula is C19H27N5O. The number of carbonyl (C=O) groups excluding carboxylic acids is 1. The lowest BCUT2D eigenvalue weighted by Gasteiger charge is -2.29. The maximum Gasteiger partial charge on any atom is 0.318 e. The van der Waals surface area contributed by atoms with Crippen LogP contribution < -0.4 is 5.32 Å². The molecule has 1 aliphatic rings. The highest BCUT2D eigenvalue weighted by atomic mass is 16.2. The van der Waals surface area contributed by atoms with Crippen LogP contribution in [0.1, 0.15) is 50.2 Å². The second kappa shape index (κ2) is 6.86. The molecule has 3 rings (SSSR count). The summed E-state index contributed by atoms with van der Waals surface area (Å²) in [5, 5.41) is 7.25. The third kappa shape index (κ3) is 3.83. The Labute approximate surface area is 149 Å². The van der Waals surface area contributed by atoms with Crippen molar-refractivity contribution < 1.29 is 4.79 Å². The minimum Gasteiger partial charge on any atom is -0.331 e. The highest BCUT2D eigenvalue weighted by Gasteiger charge is 2.22. The standard InChI is InChI=1S/C19H27N5O/c1-5-14-6-7-16-12-23(9-8-15(16)10-14)18(25)20-11-17-21-13-22-24(17)19(2,3)4/h6-7,10,13H,5,8-9,11-12H2,1-4H3,(H,20,25). The predicted molar refractivity (Wildman–Crippen MR) is 97.2 cm³/mol. The summed E-state index contributed by atoms with van der Waals surface area (Å²) in [4.78, 5) is 18.7. The molecule has 0 unspecified atom stereocenters. The quantitative estimate of drug-likeness (QED) is 0.934. The van der Waals surface area contributed by atoms with E-state index >= 15 is 0 Å². The molecule has 0 saturated carbocycles. The van der Waals surface area contributed by atoms with Gasteiger partial charge in [0.05, 0.1) is 12.1 Å². The van der Waals surface area contributed by atoms with Crippen molar-refractivity contribution in [3.8, 4) is 0 Å². The van der Waals surface area contributed by atoms with Gasteiger partial charge in [-0.2, -0.15) is 5.10 Å². The van der Waals surface area contributed by atoms with Crippen molar-refractivity contribution in [1.29, 1.82) is 0 Å². The number of nitrogens with zero attached hydrogens (tertiary/aromatic N) is 4. The number of benzene rings is 1. The molecule has 2 heterocycles. The van der Waals surface area contributed by atoms with Crippen LogP contribution in [-0.4, -0.2) is 32.2 Å². The molecule has 0 aliphatic carbocycles. The predicted octanol–water partition coefficient (Wildman–Crippen LogP) is 2.86. The molecular weight excluding hydrogens is 314 g/mol. The number of aryl methyl sites for hydroxylation is 1. The summed E-state index contributed by atoms with van der Waals surface area (Å²) in [5.41, 5.74) is 3.82. The van der Waals surface area contributed by atoms with Gasteiger partial charge >= 0.3 is 6.03 Å². The minimum atomic E-state index is -0.155. The van der Waals surface area contributed by atoms with Gasteiger partial charge in [0.2, 0.25) is 0 Å². The molecule has 1 aromatic carbocycles. The van der Waals surface area contributed by atoms with Crippen LogP contribution in [0.2, 0.25) is 0 Å². The van der Waals surface area contributed by atoms with Crippen molar-refractivity contribution in [3.05, 3.63) is 47.0 Å². The van der Waals surface area contributed by atoms with Crippen LogP contribution in [0.3, 0.4) is 0 Å². The lowest BCUT2D eigenvalue weighted by molar-refractivity contribution is 0.191. The fourth-order valence-electron chi connectivity index (χ4n) is 3.21. The highest BCUT2D eigenvalue weighted by molar-refractivity contribution is 5.74. The number of rotatable bonds is 3. The Morgan fingerprint density at radius 2 is 2.08 bits per heavy atom. The smallest absolute Gasteiger partial charge is 0.318 e. The van der Waals surface area contributed by atoms with Gasteiger partial charge in [-0.15, -0.1) is 0 Å².